The van der Waals surface area contributed by atoms with Gasteiger partial charge < -0.3 is 9.64 Å². The van der Waals surface area contributed by atoms with Gasteiger partial charge in [0, 0.05) is 17.1 Å². The van der Waals surface area contributed by atoms with Crippen molar-refractivity contribution in [2.45, 2.75) is 18.9 Å². The van der Waals surface area contributed by atoms with Gasteiger partial charge in [0.2, 0.25) is 0 Å². The molecule has 0 aromatic heterocycles. The molecule has 3 aromatic carbocycles. The van der Waals surface area contributed by atoms with Crippen LogP contribution in [0.15, 0.2) is 78.9 Å². The van der Waals surface area contributed by atoms with Gasteiger partial charge in [-0.2, -0.15) is 0 Å². The number of halogens is 1. The molecule has 7 heteroatoms. The van der Waals surface area contributed by atoms with Crippen LogP contribution in [-0.4, -0.2) is 38.5 Å². The van der Waals surface area contributed by atoms with Gasteiger partial charge in [-0.3, -0.25) is 4.79 Å². The van der Waals surface area contributed by atoms with E-state index in [-0.39, 0.29) is 24.0 Å². The van der Waals surface area contributed by atoms with E-state index >= 15 is 0 Å². The van der Waals surface area contributed by atoms with E-state index in [1.807, 2.05) is 66.7 Å². The Morgan fingerprint density at radius 1 is 1.00 bits per heavy atom. The van der Waals surface area contributed by atoms with Crippen LogP contribution in [0.1, 0.15) is 17.5 Å². The number of ether oxygens (including phenoxy) is 1. The molecule has 1 fully saturated rings. The summed E-state index contributed by atoms with van der Waals surface area (Å²) in [5, 5.41) is 0.594. The Hall–Kier alpha value is -2.83. The first-order chi connectivity index (χ1) is 15.4. The summed E-state index contributed by atoms with van der Waals surface area (Å²) >= 11 is 6.20. The molecule has 0 saturated carbocycles. The molecule has 0 spiro atoms. The molecule has 1 aliphatic heterocycles. The maximum atomic E-state index is 13.2. The second-order valence-corrected chi connectivity index (χ2v) is 10.5. The van der Waals surface area contributed by atoms with Crippen LogP contribution in [0.3, 0.4) is 0 Å². The maximum Gasteiger partial charge on any atom is 0.265 e. The largest absolute Gasteiger partial charge is 0.483 e. The molecule has 1 aliphatic rings. The van der Waals surface area contributed by atoms with Crippen molar-refractivity contribution in [2.24, 2.45) is 0 Å². The minimum atomic E-state index is -3.14. The Kier molecular flexibility index (Phi) is 6.82. The number of benzene rings is 3. The van der Waals surface area contributed by atoms with Crippen LogP contribution >= 0.6 is 11.6 Å². The quantitative estimate of drug-likeness (QED) is 0.510. The molecule has 1 saturated heterocycles. The number of anilines is 1. The molecular weight excluding hydrogens is 446 g/mol. The Morgan fingerprint density at radius 2 is 1.69 bits per heavy atom. The molecule has 166 valence electrons. The zero-order chi connectivity index (χ0) is 22.6. The normalized spacial score (nSPS) is 17.1. The zero-order valence-corrected chi connectivity index (χ0v) is 19.1. The van der Waals surface area contributed by atoms with E-state index in [1.165, 1.54) is 0 Å². The number of rotatable bonds is 7. The van der Waals surface area contributed by atoms with E-state index in [1.54, 1.807) is 17.0 Å². The van der Waals surface area contributed by atoms with Crippen LogP contribution in [0, 0.1) is 0 Å². The maximum absolute atomic E-state index is 13.2. The number of para-hydroxylation sites is 1. The molecule has 0 bridgehead atoms. The summed E-state index contributed by atoms with van der Waals surface area (Å²) < 4.78 is 30.0. The lowest BCUT2D eigenvalue weighted by Gasteiger charge is -2.28. The average Bonchev–Trinajstić information content (AvgIpc) is 3.14. The fraction of sp³-hybridized carbons (Fsp3) is 0.240. The first-order valence-corrected chi connectivity index (χ1v) is 12.6. The smallest absolute Gasteiger partial charge is 0.265 e. The average molecular weight is 470 g/mol. The number of carbonyl (C=O) groups excluding carboxylic acids is 1. The fourth-order valence-corrected chi connectivity index (χ4v) is 5.87. The number of hydrogen-bond donors (Lipinski definition) is 0. The van der Waals surface area contributed by atoms with Crippen molar-refractivity contribution in [1.82, 2.24) is 0 Å². The monoisotopic (exact) mass is 469 g/mol. The molecule has 1 atom stereocenters. The van der Waals surface area contributed by atoms with E-state index in [0.717, 1.165) is 11.1 Å². The summed E-state index contributed by atoms with van der Waals surface area (Å²) in [6, 6.07) is 24.0. The lowest BCUT2D eigenvalue weighted by molar-refractivity contribution is -0.121. The van der Waals surface area contributed by atoms with Crippen LogP contribution in [0.2, 0.25) is 5.02 Å². The molecule has 3 aromatic rings. The summed E-state index contributed by atoms with van der Waals surface area (Å²) in [4.78, 5) is 14.8. The van der Waals surface area contributed by atoms with Crippen LogP contribution < -0.4 is 9.64 Å². The first-order valence-electron chi connectivity index (χ1n) is 10.4. The van der Waals surface area contributed by atoms with Crippen LogP contribution in [0.4, 0.5) is 5.69 Å². The Morgan fingerprint density at radius 3 is 2.34 bits per heavy atom. The van der Waals surface area contributed by atoms with Gasteiger partial charge in [-0.15, -0.1) is 0 Å². The Labute approximate surface area is 193 Å². The van der Waals surface area contributed by atoms with Crippen molar-refractivity contribution < 1.29 is 17.9 Å². The van der Waals surface area contributed by atoms with Gasteiger partial charge in [-0.25, -0.2) is 8.42 Å². The van der Waals surface area contributed by atoms with Crippen molar-refractivity contribution in [3.05, 3.63) is 95.0 Å². The molecule has 1 heterocycles. The van der Waals surface area contributed by atoms with Crippen molar-refractivity contribution in [3.63, 3.8) is 0 Å². The lowest BCUT2D eigenvalue weighted by atomic mass is 10.0. The molecule has 0 radical (unpaired) electrons. The summed E-state index contributed by atoms with van der Waals surface area (Å²) in [7, 11) is -3.14. The van der Waals surface area contributed by atoms with E-state index in [2.05, 4.69) is 0 Å². The van der Waals surface area contributed by atoms with Crippen LogP contribution in [0.5, 0.6) is 5.75 Å². The number of hydrogen-bond acceptors (Lipinski definition) is 4. The number of amides is 1. The van der Waals surface area contributed by atoms with Gasteiger partial charge in [0.1, 0.15) is 5.75 Å². The standard InChI is InChI=1S/C25H24ClNO4S/c26-21-11-12-24(20(16-21)15-19-7-3-1-4-8-19)31-17-25(28)27(22-9-5-2-6-10-22)23-13-14-32(29,30)18-23/h1-12,16,23H,13-15,17-18H2. The molecular formula is C25H24ClNO4S. The van der Waals surface area contributed by atoms with Crippen LogP contribution in [0.25, 0.3) is 0 Å². The highest BCUT2D eigenvalue weighted by Crippen LogP contribution is 2.27. The molecule has 0 N–H and O–H groups in total. The van der Waals surface area contributed by atoms with Gasteiger partial charge in [0.15, 0.2) is 16.4 Å². The number of nitrogens with zero attached hydrogens (tertiary/aromatic N) is 1. The summed E-state index contributed by atoms with van der Waals surface area (Å²) in [6.07, 6.45) is 1.04. The molecule has 0 aliphatic carbocycles. The van der Waals surface area contributed by atoms with Crippen molar-refractivity contribution in [1.29, 1.82) is 0 Å². The van der Waals surface area contributed by atoms with Crippen molar-refractivity contribution in [3.8, 4) is 5.75 Å². The molecule has 4 rings (SSSR count). The van der Waals surface area contributed by atoms with Gasteiger partial charge in [0.25, 0.3) is 5.91 Å². The Balaban J connectivity index is 1.53. The van der Waals surface area contributed by atoms with Gasteiger partial charge in [0.05, 0.1) is 17.5 Å². The zero-order valence-electron chi connectivity index (χ0n) is 17.5. The van der Waals surface area contributed by atoms with E-state index in [4.69, 9.17) is 16.3 Å². The minimum absolute atomic E-state index is 0.0339. The number of carbonyl (C=O) groups is 1. The molecule has 5 nitrogen and oxygen atoms in total. The summed E-state index contributed by atoms with van der Waals surface area (Å²) in [5.74, 6) is 0.360. The Bertz CT molecular complexity index is 1180. The van der Waals surface area contributed by atoms with Gasteiger partial charge in [-0.05, 0) is 47.9 Å². The highest BCUT2D eigenvalue weighted by Gasteiger charge is 2.35. The van der Waals surface area contributed by atoms with E-state index < -0.39 is 15.9 Å². The molecule has 32 heavy (non-hydrogen) atoms. The number of sulfone groups is 1. The van der Waals surface area contributed by atoms with Gasteiger partial charge in [-0.1, -0.05) is 60.1 Å². The lowest BCUT2D eigenvalue weighted by Crippen LogP contribution is -2.43. The second kappa shape index (κ2) is 9.76. The highest BCUT2D eigenvalue weighted by molar-refractivity contribution is 7.91. The topological polar surface area (TPSA) is 63.7 Å². The summed E-state index contributed by atoms with van der Waals surface area (Å²) in [6.45, 7) is -0.200. The third-order valence-corrected chi connectivity index (χ3v) is 7.47. The van der Waals surface area contributed by atoms with Crippen molar-refractivity contribution in [2.75, 3.05) is 23.0 Å². The first kappa shape index (κ1) is 22.4. The van der Waals surface area contributed by atoms with E-state index in [9.17, 15) is 13.2 Å². The van der Waals surface area contributed by atoms with Crippen molar-refractivity contribution >= 4 is 33.0 Å². The predicted molar refractivity (Wildman–Crippen MR) is 127 cm³/mol. The van der Waals surface area contributed by atoms with Gasteiger partial charge >= 0.3 is 0 Å². The second-order valence-electron chi connectivity index (χ2n) is 7.86. The third kappa shape index (κ3) is 5.50. The highest BCUT2D eigenvalue weighted by atomic mass is 35.5. The summed E-state index contributed by atoms with van der Waals surface area (Å²) in [5.41, 5.74) is 2.66. The molecule has 1 unspecified atom stereocenters. The fourth-order valence-electron chi connectivity index (χ4n) is 3.98. The van der Waals surface area contributed by atoms with Crippen LogP contribution in [-0.2, 0) is 21.1 Å². The predicted octanol–water partition coefficient (Wildman–Crippen LogP) is 4.53. The SMILES string of the molecule is O=C(COc1ccc(Cl)cc1Cc1ccccc1)N(c1ccccc1)C1CCS(=O)(=O)C1. The minimum Gasteiger partial charge on any atom is -0.483 e. The van der Waals surface area contributed by atoms with E-state index in [0.29, 0.717) is 29.3 Å². The molecule has 1 amide bonds. The third-order valence-electron chi connectivity index (χ3n) is 5.49.